The molecule has 3 rings (SSSR count). The molecule has 0 unspecified atom stereocenters. The molecule has 0 bridgehead atoms. The summed E-state index contributed by atoms with van der Waals surface area (Å²) in [4.78, 5) is 11.3. The van der Waals surface area contributed by atoms with Crippen molar-refractivity contribution in [1.82, 2.24) is 15.0 Å². The Bertz CT molecular complexity index is 541. The zero-order chi connectivity index (χ0) is 11.8. The highest BCUT2D eigenvalue weighted by molar-refractivity contribution is 6.30. The number of halogens is 1. The lowest BCUT2D eigenvalue weighted by atomic mass is 10.2. The first-order valence-corrected chi connectivity index (χ1v) is 6.05. The fraction of sp³-hybridized carbons (Fsp3) is 0.455. The number of aliphatic hydroxyl groups is 1. The average Bonchev–Trinajstić information content (AvgIpc) is 2.85. The Morgan fingerprint density at radius 3 is 3.06 bits per heavy atom. The predicted molar refractivity (Wildman–Crippen MR) is 66.2 cm³/mol. The molecule has 1 aliphatic carbocycles. The molecule has 0 spiro atoms. The van der Waals surface area contributed by atoms with E-state index in [-0.39, 0.29) is 12.1 Å². The molecule has 6 heteroatoms. The van der Waals surface area contributed by atoms with Crippen LogP contribution in [0.15, 0.2) is 12.4 Å². The van der Waals surface area contributed by atoms with Crippen LogP contribution in [-0.2, 0) is 0 Å². The van der Waals surface area contributed by atoms with Gasteiger partial charge in [-0.3, -0.25) is 0 Å². The van der Waals surface area contributed by atoms with Crippen molar-refractivity contribution >= 4 is 28.5 Å². The van der Waals surface area contributed by atoms with Gasteiger partial charge in [-0.1, -0.05) is 11.6 Å². The number of H-pyrrole nitrogens is 1. The molecule has 5 nitrogen and oxygen atoms in total. The first-order chi connectivity index (χ1) is 8.24. The zero-order valence-electron chi connectivity index (χ0n) is 9.15. The first kappa shape index (κ1) is 10.8. The summed E-state index contributed by atoms with van der Waals surface area (Å²) in [6, 6.07) is 1.86. The summed E-state index contributed by atoms with van der Waals surface area (Å²) in [6.45, 7) is 0. The molecule has 0 saturated heterocycles. The molecule has 3 N–H and O–H groups in total. The highest BCUT2D eigenvalue weighted by Gasteiger charge is 2.25. The maximum absolute atomic E-state index is 9.79. The minimum atomic E-state index is -0.297. The van der Waals surface area contributed by atoms with Crippen molar-refractivity contribution in [3.05, 3.63) is 17.5 Å². The van der Waals surface area contributed by atoms with Crippen LogP contribution < -0.4 is 5.32 Å². The van der Waals surface area contributed by atoms with E-state index in [1.54, 1.807) is 6.07 Å². The Hall–Kier alpha value is -1.33. The quantitative estimate of drug-likeness (QED) is 0.764. The second kappa shape index (κ2) is 4.16. The maximum Gasteiger partial charge on any atom is 0.144 e. The van der Waals surface area contributed by atoms with Gasteiger partial charge in [0.05, 0.1) is 17.5 Å². The molecular weight excluding hydrogens is 240 g/mol. The van der Waals surface area contributed by atoms with Gasteiger partial charge in [-0.2, -0.15) is 0 Å². The average molecular weight is 253 g/mol. The molecule has 2 atom stereocenters. The number of nitrogens with zero attached hydrogens (tertiary/aromatic N) is 2. The number of hydrogen-bond acceptors (Lipinski definition) is 4. The van der Waals surface area contributed by atoms with Gasteiger partial charge >= 0.3 is 0 Å². The smallest absolute Gasteiger partial charge is 0.144 e. The molecule has 0 aliphatic heterocycles. The Morgan fingerprint density at radius 1 is 1.41 bits per heavy atom. The van der Waals surface area contributed by atoms with E-state index in [2.05, 4.69) is 20.3 Å². The fourth-order valence-corrected chi connectivity index (χ4v) is 2.51. The lowest BCUT2D eigenvalue weighted by Gasteiger charge is -2.17. The van der Waals surface area contributed by atoms with Gasteiger partial charge in [-0.15, -0.1) is 0 Å². The van der Waals surface area contributed by atoms with Crippen LogP contribution in [0.3, 0.4) is 0 Å². The van der Waals surface area contributed by atoms with Crippen molar-refractivity contribution in [2.24, 2.45) is 0 Å². The molecule has 2 heterocycles. The molecule has 2 aromatic heterocycles. The van der Waals surface area contributed by atoms with E-state index >= 15 is 0 Å². The molecule has 0 amide bonds. The second-order valence-electron chi connectivity index (χ2n) is 4.35. The third-order valence-corrected chi connectivity index (χ3v) is 3.40. The normalized spacial score (nSPS) is 24.4. The van der Waals surface area contributed by atoms with Gasteiger partial charge in [-0.05, 0) is 25.3 Å². The van der Waals surface area contributed by atoms with Crippen molar-refractivity contribution < 1.29 is 5.11 Å². The largest absolute Gasteiger partial charge is 0.391 e. The van der Waals surface area contributed by atoms with Crippen molar-refractivity contribution in [2.75, 3.05) is 5.32 Å². The van der Waals surface area contributed by atoms with Crippen molar-refractivity contribution in [3.8, 4) is 0 Å². The van der Waals surface area contributed by atoms with Gasteiger partial charge in [0.2, 0.25) is 0 Å². The molecule has 17 heavy (non-hydrogen) atoms. The lowest BCUT2D eigenvalue weighted by molar-refractivity contribution is 0.171. The first-order valence-electron chi connectivity index (χ1n) is 5.68. The van der Waals surface area contributed by atoms with Crippen LogP contribution in [0, 0.1) is 0 Å². The van der Waals surface area contributed by atoms with E-state index < -0.39 is 0 Å². The molecule has 1 aliphatic rings. The Kier molecular flexibility index (Phi) is 2.64. The van der Waals surface area contributed by atoms with Crippen LogP contribution in [0.1, 0.15) is 19.3 Å². The summed E-state index contributed by atoms with van der Waals surface area (Å²) in [5.41, 5.74) is 0.708. The van der Waals surface area contributed by atoms with Crippen molar-refractivity contribution in [3.63, 3.8) is 0 Å². The number of aliphatic hydroxyl groups excluding tert-OH is 1. The highest BCUT2D eigenvalue weighted by Crippen LogP contribution is 2.27. The highest BCUT2D eigenvalue weighted by atomic mass is 35.5. The molecule has 0 aromatic carbocycles. The third kappa shape index (κ3) is 1.96. The fourth-order valence-electron chi connectivity index (χ4n) is 2.31. The third-order valence-electron chi connectivity index (χ3n) is 3.19. The van der Waals surface area contributed by atoms with Gasteiger partial charge in [0.25, 0.3) is 0 Å². The van der Waals surface area contributed by atoms with Gasteiger partial charge < -0.3 is 15.4 Å². The van der Waals surface area contributed by atoms with Crippen molar-refractivity contribution in [2.45, 2.75) is 31.4 Å². The summed E-state index contributed by atoms with van der Waals surface area (Å²) in [6.07, 6.45) is 4.04. The van der Waals surface area contributed by atoms with Crippen LogP contribution >= 0.6 is 11.6 Å². The van der Waals surface area contributed by atoms with Gasteiger partial charge in [0.15, 0.2) is 0 Å². The SMILES string of the molecule is O[C@@H]1CCC[C@H]1Nc1ncnc2[nH]c(Cl)cc12. The standard InChI is InChI=1S/C11H13ClN4O/c12-9-4-6-10(13-5-14-11(6)16-9)15-7-2-1-3-8(7)17/h4-5,7-8,17H,1-3H2,(H2,13,14,15,16)/t7-,8-/m1/s1. The Labute approximate surface area is 103 Å². The number of aromatic amines is 1. The number of nitrogens with one attached hydrogen (secondary N) is 2. The van der Waals surface area contributed by atoms with Crippen LogP contribution in [0.25, 0.3) is 11.0 Å². The number of aromatic nitrogens is 3. The summed E-state index contributed by atoms with van der Waals surface area (Å²) < 4.78 is 0. The maximum atomic E-state index is 9.79. The monoisotopic (exact) mass is 252 g/mol. The minimum absolute atomic E-state index is 0.0711. The number of hydrogen-bond donors (Lipinski definition) is 3. The van der Waals surface area contributed by atoms with Crippen molar-refractivity contribution in [1.29, 1.82) is 0 Å². The molecule has 1 saturated carbocycles. The number of anilines is 1. The van der Waals surface area contributed by atoms with Gasteiger partial charge in [0, 0.05) is 0 Å². The lowest BCUT2D eigenvalue weighted by Crippen LogP contribution is -2.28. The molecule has 90 valence electrons. The van der Waals surface area contributed by atoms with E-state index in [0.29, 0.717) is 10.8 Å². The van der Waals surface area contributed by atoms with Crippen LogP contribution in [0.4, 0.5) is 5.82 Å². The van der Waals surface area contributed by atoms with Gasteiger partial charge in [-0.25, -0.2) is 9.97 Å². The molecular formula is C11H13ClN4O. The summed E-state index contributed by atoms with van der Waals surface area (Å²) in [7, 11) is 0. The van der Waals surface area contributed by atoms with E-state index in [9.17, 15) is 5.11 Å². The predicted octanol–water partition coefficient (Wildman–Crippen LogP) is 1.94. The summed E-state index contributed by atoms with van der Waals surface area (Å²) in [5, 5.41) is 14.5. The van der Waals surface area contributed by atoms with Gasteiger partial charge in [0.1, 0.15) is 22.9 Å². The topological polar surface area (TPSA) is 73.8 Å². The number of rotatable bonds is 2. The van der Waals surface area contributed by atoms with Crippen LogP contribution in [-0.4, -0.2) is 32.2 Å². The van der Waals surface area contributed by atoms with E-state index in [1.807, 2.05) is 0 Å². The molecule has 2 aromatic rings. The van der Waals surface area contributed by atoms with E-state index in [0.717, 1.165) is 30.5 Å². The number of fused-ring (bicyclic) bond motifs is 1. The Morgan fingerprint density at radius 2 is 2.29 bits per heavy atom. The molecule has 0 radical (unpaired) electrons. The van der Waals surface area contributed by atoms with E-state index in [1.165, 1.54) is 6.33 Å². The summed E-state index contributed by atoms with van der Waals surface area (Å²) >= 11 is 5.90. The van der Waals surface area contributed by atoms with Crippen LogP contribution in [0.2, 0.25) is 5.15 Å². The zero-order valence-corrected chi connectivity index (χ0v) is 9.91. The molecule has 1 fully saturated rings. The second-order valence-corrected chi connectivity index (χ2v) is 4.76. The Balaban J connectivity index is 1.94. The van der Waals surface area contributed by atoms with Crippen LogP contribution in [0.5, 0.6) is 0 Å². The minimum Gasteiger partial charge on any atom is -0.391 e. The summed E-state index contributed by atoms with van der Waals surface area (Å²) in [5.74, 6) is 0.726. The van der Waals surface area contributed by atoms with E-state index in [4.69, 9.17) is 11.6 Å².